The normalized spacial score (nSPS) is 11.1. The number of methoxy groups -OCH3 is 1. The monoisotopic (exact) mass is 425 g/mol. The molecule has 156 valence electrons. The lowest BCUT2D eigenvalue weighted by Gasteiger charge is -2.15. The summed E-state index contributed by atoms with van der Waals surface area (Å²) in [6, 6.07) is 11.2. The van der Waals surface area contributed by atoms with Crippen LogP contribution in [0.15, 0.2) is 61.2 Å². The second kappa shape index (κ2) is 9.98. The maximum Gasteiger partial charge on any atom is 0.248 e. The molecule has 2 aromatic carbocycles. The van der Waals surface area contributed by atoms with Gasteiger partial charge in [0.05, 0.1) is 24.6 Å². The second-order valence-corrected chi connectivity index (χ2v) is 7.36. The van der Waals surface area contributed by atoms with Crippen molar-refractivity contribution in [3.8, 4) is 11.5 Å². The number of nitrogens with zero attached hydrogens (tertiary/aromatic N) is 2. The summed E-state index contributed by atoms with van der Waals surface area (Å²) in [5.74, 6) is 0.770. The number of hydrogen-bond acceptors (Lipinski definition) is 4. The fourth-order valence-corrected chi connectivity index (χ4v) is 3.09. The highest BCUT2D eigenvalue weighted by atomic mass is 35.5. The van der Waals surface area contributed by atoms with E-state index in [1.54, 1.807) is 37.8 Å². The average Bonchev–Trinajstić information content (AvgIpc) is 3.22. The number of anilines is 1. The quantitative estimate of drug-likeness (QED) is 0.514. The van der Waals surface area contributed by atoms with Crippen LogP contribution in [-0.2, 0) is 11.3 Å². The van der Waals surface area contributed by atoms with Gasteiger partial charge in [0.2, 0.25) is 5.91 Å². The van der Waals surface area contributed by atoms with Gasteiger partial charge in [0, 0.05) is 30.7 Å². The van der Waals surface area contributed by atoms with Crippen LogP contribution in [0.2, 0.25) is 5.02 Å². The molecule has 0 aliphatic heterocycles. The maximum absolute atomic E-state index is 12.3. The highest BCUT2D eigenvalue weighted by Crippen LogP contribution is 2.37. The summed E-state index contributed by atoms with van der Waals surface area (Å²) in [5.41, 5.74) is 2.57. The first-order valence-electron chi connectivity index (χ1n) is 9.52. The number of carbonyl (C=O) groups is 1. The molecular weight excluding hydrogens is 402 g/mol. The molecule has 0 saturated carbocycles. The van der Waals surface area contributed by atoms with Crippen LogP contribution in [0, 0.1) is 0 Å². The second-order valence-electron chi connectivity index (χ2n) is 6.96. The van der Waals surface area contributed by atoms with Crippen molar-refractivity contribution >= 4 is 29.3 Å². The number of halogens is 1. The smallest absolute Gasteiger partial charge is 0.248 e. The van der Waals surface area contributed by atoms with Crippen molar-refractivity contribution in [3.05, 3.63) is 77.3 Å². The van der Waals surface area contributed by atoms with Gasteiger partial charge in [-0.05, 0) is 55.3 Å². The van der Waals surface area contributed by atoms with Crippen LogP contribution < -0.4 is 14.8 Å². The largest absolute Gasteiger partial charge is 0.493 e. The van der Waals surface area contributed by atoms with E-state index in [9.17, 15) is 4.79 Å². The van der Waals surface area contributed by atoms with Crippen LogP contribution in [0.25, 0.3) is 6.08 Å². The van der Waals surface area contributed by atoms with E-state index in [1.165, 1.54) is 6.08 Å². The molecule has 0 spiro atoms. The first-order chi connectivity index (χ1) is 14.4. The zero-order valence-corrected chi connectivity index (χ0v) is 17.9. The summed E-state index contributed by atoms with van der Waals surface area (Å²) in [6.45, 7) is 4.56. The third-order valence-electron chi connectivity index (χ3n) is 4.18. The van der Waals surface area contributed by atoms with E-state index >= 15 is 0 Å². The van der Waals surface area contributed by atoms with Gasteiger partial charge in [-0.15, -0.1) is 0 Å². The molecule has 0 fully saturated rings. The summed E-state index contributed by atoms with van der Waals surface area (Å²) < 4.78 is 13.1. The van der Waals surface area contributed by atoms with Gasteiger partial charge in [-0.2, -0.15) is 0 Å². The fourth-order valence-electron chi connectivity index (χ4n) is 2.83. The van der Waals surface area contributed by atoms with Crippen LogP contribution in [0.5, 0.6) is 11.5 Å². The van der Waals surface area contributed by atoms with Gasteiger partial charge in [-0.25, -0.2) is 4.98 Å². The summed E-state index contributed by atoms with van der Waals surface area (Å²) in [6.07, 6.45) is 8.51. The van der Waals surface area contributed by atoms with E-state index in [2.05, 4.69) is 10.3 Å². The number of hydrogen-bond donors (Lipinski definition) is 1. The lowest BCUT2D eigenvalue weighted by molar-refractivity contribution is -0.111. The summed E-state index contributed by atoms with van der Waals surface area (Å²) in [5, 5.41) is 3.27. The van der Waals surface area contributed by atoms with Crippen LogP contribution >= 0.6 is 11.6 Å². The Morgan fingerprint density at radius 2 is 2.03 bits per heavy atom. The number of imidazole rings is 1. The molecule has 0 aliphatic carbocycles. The lowest BCUT2D eigenvalue weighted by atomic mass is 10.1. The molecule has 1 aromatic heterocycles. The molecule has 0 atom stereocenters. The highest BCUT2D eigenvalue weighted by molar-refractivity contribution is 6.32. The number of nitrogens with one attached hydrogen (secondary N) is 1. The maximum atomic E-state index is 12.3. The molecule has 6 nitrogen and oxygen atoms in total. The van der Waals surface area contributed by atoms with Crippen molar-refractivity contribution in [1.82, 2.24) is 9.55 Å². The molecule has 0 saturated heterocycles. The van der Waals surface area contributed by atoms with Gasteiger partial charge in [0.1, 0.15) is 0 Å². The van der Waals surface area contributed by atoms with Gasteiger partial charge in [0.25, 0.3) is 0 Å². The van der Waals surface area contributed by atoms with E-state index in [0.717, 1.165) is 23.4 Å². The van der Waals surface area contributed by atoms with Crippen LogP contribution in [0.4, 0.5) is 5.69 Å². The first kappa shape index (κ1) is 21.5. The Kier molecular flexibility index (Phi) is 7.14. The zero-order chi connectivity index (χ0) is 21.5. The van der Waals surface area contributed by atoms with Gasteiger partial charge in [-0.1, -0.05) is 23.7 Å². The third kappa shape index (κ3) is 5.87. The van der Waals surface area contributed by atoms with E-state index in [4.69, 9.17) is 21.1 Å². The molecule has 30 heavy (non-hydrogen) atoms. The minimum absolute atomic E-state index is 0.0325. The zero-order valence-electron chi connectivity index (χ0n) is 17.1. The van der Waals surface area contributed by atoms with Gasteiger partial charge in [0.15, 0.2) is 11.5 Å². The molecule has 0 radical (unpaired) electrons. The molecule has 1 heterocycles. The average molecular weight is 426 g/mol. The SMILES string of the molecule is COc1cc(/C=C/C(=O)Nc2ccc(Cn3ccnc3)cc2)cc(Cl)c1OC(C)C. The number of carbonyl (C=O) groups excluding carboxylic acids is 1. The predicted molar refractivity (Wildman–Crippen MR) is 119 cm³/mol. The fraction of sp³-hybridized carbons (Fsp3) is 0.217. The minimum atomic E-state index is -0.241. The van der Waals surface area contributed by atoms with Crippen molar-refractivity contribution in [3.63, 3.8) is 0 Å². The van der Waals surface area contributed by atoms with Gasteiger partial charge >= 0.3 is 0 Å². The minimum Gasteiger partial charge on any atom is -0.493 e. The molecular formula is C23H24ClN3O3. The standard InChI is InChI=1S/C23H24ClN3O3/c1-16(2)30-23-20(24)12-18(13-21(23)29-3)6-9-22(28)26-19-7-4-17(5-8-19)14-27-11-10-25-15-27/h4-13,15-16H,14H2,1-3H3,(H,26,28)/b9-6+. The molecule has 0 bridgehead atoms. The van der Waals surface area contributed by atoms with E-state index in [-0.39, 0.29) is 12.0 Å². The van der Waals surface area contributed by atoms with Crippen molar-refractivity contribution in [1.29, 1.82) is 0 Å². The van der Waals surface area contributed by atoms with E-state index in [0.29, 0.717) is 16.5 Å². The molecule has 3 aromatic rings. The molecule has 0 aliphatic rings. The highest BCUT2D eigenvalue weighted by Gasteiger charge is 2.12. The number of aromatic nitrogens is 2. The number of benzene rings is 2. The van der Waals surface area contributed by atoms with Crippen LogP contribution in [0.3, 0.4) is 0 Å². The number of ether oxygens (including phenoxy) is 2. The lowest BCUT2D eigenvalue weighted by Crippen LogP contribution is -2.08. The summed E-state index contributed by atoms with van der Waals surface area (Å²) >= 11 is 6.32. The van der Waals surface area contributed by atoms with E-state index < -0.39 is 0 Å². The first-order valence-corrected chi connectivity index (χ1v) is 9.90. The number of amides is 1. The Bertz CT molecular complexity index is 1010. The molecule has 1 amide bonds. The Hall–Kier alpha value is -3.25. The molecule has 3 rings (SSSR count). The van der Waals surface area contributed by atoms with Gasteiger partial charge < -0.3 is 19.4 Å². The summed E-state index contributed by atoms with van der Waals surface area (Å²) in [7, 11) is 1.55. The van der Waals surface area contributed by atoms with Crippen LogP contribution in [0.1, 0.15) is 25.0 Å². The van der Waals surface area contributed by atoms with Crippen molar-refractivity contribution in [2.45, 2.75) is 26.5 Å². The molecule has 7 heteroatoms. The van der Waals surface area contributed by atoms with Crippen molar-refractivity contribution < 1.29 is 14.3 Å². The van der Waals surface area contributed by atoms with Gasteiger partial charge in [-0.3, -0.25) is 4.79 Å². The number of rotatable bonds is 8. The molecule has 1 N–H and O–H groups in total. The predicted octanol–water partition coefficient (Wildman–Crippen LogP) is 5.03. The van der Waals surface area contributed by atoms with Crippen molar-refractivity contribution in [2.75, 3.05) is 12.4 Å². The molecule has 0 unspecified atom stereocenters. The van der Waals surface area contributed by atoms with E-state index in [1.807, 2.05) is 48.9 Å². The Morgan fingerprint density at radius 3 is 2.67 bits per heavy atom. The summed E-state index contributed by atoms with van der Waals surface area (Å²) in [4.78, 5) is 16.3. The Labute approximate surface area is 181 Å². The topological polar surface area (TPSA) is 65.4 Å². The Morgan fingerprint density at radius 1 is 1.27 bits per heavy atom. The van der Waals surface area contributed by atoms with Crippen molar-refractivity contribution in [2.24, 2.45) is 0 Å². The van der Waals surface area contributed by atoms with Crippen LogP contribution in [-0.4, -0.2) is 28.7 Å². The third-order valence-corrected chi connectivity index (χ3v) is 4.46. The Balaban J connectivity index is 1.63.